The second kappa shape index (κ2) is 6.86. The molecule has 2 aliphatic rings. The van der Waals surface area contributed by atoms with Crippen LogP contribution in [0, 0.1) is 0 Å². The molecule has 0 radical (unpaired) electrons. The van der Waals surface area contributed by atoms with Crippen LogP contribution in [0.25, 0.3) is 0 Å². The van der Waals surface area contributed by atoms with Crippen LogP contribution in [0.5, 0.6) is 0 Å². The molecule has 0 saturated carbocycles. The Bertz CT molecular complexity index is 515. The van der Waals surface area contributed by atoms with Gasteiger partial charge in [-0.25, -0.2) is 4.79 Å². The quantitative estimate of drug-likeness (QED) is 0.725. The Kier molecular flexibility index (Phi) is 4.90. The highest BCUT2D eigenvalue weighted by molar-refractivity contribution is 6.08. The Balaban J connectivity index is 1.77. The molecule has 106 valence electrons. The molecule has 0 spiro atoms. The van der Waals surface area contributed by atoms with E-state index in [1.165, 1.54) is 6.08 Å². The second-order valence-electron chi connectivity index (χ2n) is 4.67. The Morgan fingerprint density at radius 2 is 2.50 bits per heavy atom. The maximum atomic E-state index is 11.3. The van der Waals surface area contributed by atoms with Crippen molar-refractivity contribution in [1.82, 2.24) is 5.32 Å². The number of nitrogens with zero attached hydrogens (tertiary/aromatic N) is 1. The fraction of sp³-hybridized carbons (Fsp3) is 0.333. The van der Waals surface area contributed by atoms with Crippen molar-refractivity contribution in [3.05, 3.63) is 48.2 Å². The summed E-state index contributed by atoms with van der Waals surface area (Å²) in [5, 5.41) is 2.63. The number of allylic oxidation sites excluding steroid dienone is 4. The molecule has 0 fully saturated rings. The Labute approximate surface area is 118 Å². The number of amides is 1. The summed E-state index contributed by atoms with van der Waals surface area (Å²) in [7, 11) is 0. The van der Waals surface area contributed by atoms with Gasteiger partial charge in [0.2, 0.25) is 0 Å². The highest BCUT2D eigenvalue weighted by Gasteiger charge is 2.20. The molecule has 5 nitrogen and oxygen atoms in total. The molecule has 2 rings (SSSR count). The first-order valence-electron chi connectivity index (χ1n) is 6.61. The minimum atomic E-state index is -0.475. The van der Waals surface area contributed by atoms with Crippen LogP contribution in [-0.4, -0.2) is 31.0 Å². The maximum Gasteiger partial charge on any atom is 0.407 e. The second-order valence-corrected chi connectivity index (χ2v) is 4.67. The van der Waals surface area contributed by atoms with Gasteiger partial charge in [-0.1, -0.05) is 30.9 Å². The third-order valence-corrected chi connectivity index (χ3v) is 3.07. The van der Waals surface area contributed by atoms with E-state index in [0.29, 0.717) is 13.0 Å². The monoisotopic (exact) mass is 273 g/mol. The van der Waals surface area contributed by atoms with Crippen molar-refractivity contribution < 1.29 is 9.53 Å². The van der Waals surface area contributed by atoms with Gasteiger partial charge in [0.25, 0.3) is 0 Å². The maximum absolute atomic E-state index is 11.3. The van der Waals surface area contributed by atoms with Crippen LogP contribution in [0.3, 0.4) is 0 Å². The summed E-state index contributed by atoms with van der Waals surface area (Å²) in [4.78, 5) is 15.7. The summed E-state index contributed by atoms with van der Waals surface area (Å²) in [6.07, 6.45) is 10.6. The molecule has 1 heterocycles. The number of hydrogen-bond acceptors (Lipinski definition) is 4. The van der Waals surface area contributed by atoms with Crippen LogP contribution in [0.4, 0.5) is 4.79 Å². The van der Waals surface area contributed by atoms with Gasteiger partial charge >= 0.3 is 6.09 Å². The first kappa shape index (κ1) is 14.3. The topological polar surface area (TPSA) is 76.7 Å². The summed E-state index contributed by atoms with van der Waals surface area (Å²) in [6.45, 7) is 4.04. The number of alkyl carbamates (subject to hydrolysis) is 1. The number of aliphatic imine (C=N–C) groups is 1. The van der Waals surface area contributed by atoms with Gasteiger partial charge in [0.1, 0.15) is 6.61 Å². The third kappa shape index (κ3) is 3.68. The highest BCUT2D eigenvalue weighted by Crippen LogP contribution is 2.27. The summed E-state index contributed by atoms with van der Waals surface area (Å²) in [5.74, 6) is 0. The molecular formula is C15H19N3O2. The number of carbonyl (C=O) groups excluding carboxylic acids is 1. The Hall–Kier alpha value is -2.14. The van der Waals surface area contributed by atoms with E-state index in [9.17, 15) is 4.79 Å². The van der Waals surface area contributed by atoms with Crippen molar-refractivity contribution in [3.63, 3.8) is 0 Å². The first-order chi connectivity index (χ1) is 9.70. The van der Waals surface area contributed by atoms with Crippen molar-refractivity contribution in [2.75, 3.05) is 13.2 Å². The molecule has 0 bridgehead atoms. The minimum Gasteiger partial charge on any atom is -0.445 e. The number of rotatable bonds is 6. The van der Waals surface area contributed by atoms with Crippen molar-refractivity contribution in [3.8, 4) is 0 Å². The number of nitrogens with one attached hydrogen (secondary N) is 1. The number of nitrogens with two attached hydrogens (primary N) is 1. The van der Waals surface area contributed by atoms with Gasteiger partial charge in [-0.15, -0.1) is 0 Å². The molecule has 0 aromatic heterocycles. The third-order valence-electron chi connectivity index (χ3n) is 3.07. The molecule has 0 saturated heterocycles. The first-order valence-corrected chi connectivity index (χ1v) is 6.61. The zero-order valence-corrected chi connectivity index (χ0v) is 11.3. The lowest BCUT2D eigenvalue weighted by Crippen LogP contribution is -2.37. The van der Waals surface area contributed by atoms with E-state index in [2.05, 4.69) is 29.0 Å². The number of carbonyl (C=O) groups is 1. The average Bonchev–Trinajstić information content (AvgIpc) is 2.86. The van der Waals surface area contributed by atoms with Gasteiger partial charge in [0.15, 0.2) is 0 Å². The SMILES string of the molecule is C=CCOC(=O)NCC(N)CC1=CN=C2CC=CC=C12. The molecule has 1 atom stereocenters. The van der Waals surface area contributed by atoms with Crippen LogP contribution < -0.4 is 11.1 Å². The summed E-state index contributed by atoms with van der Waals surface area (Å²) in [6, 6.07) is -0.168. The molecule has 5 heteroatoms. The molecule has 0 aromatic rings. The van der Waals surface area contributed by atoms with E-state index in [0.717, 1.165) is 23.3 Å². The molecule has 1 amide bonds. The zero-order valence-electron chi connectivity index (χ0n) is 11.3. The predicted molar refractivity (Wildman–Crippen MR) is 79.5 cm³/mol. The van der Waals surface area contributed by atoms with Crippen LogP contribution >= 0.6 is 0 Å². The average molecular weight is 273 g/mol. The van der Waals surface area contributed by atoms with E-state index in [-0.39, 0.29) is 12.6 Å². The Morgan fingerprint density at radius 3 is 3.30 bits per heavy atom. The zero-order chi connectivity index (χ0) is 14.4. The number of fused-ring (bicyclic) bond motifs is 1. The van der Waals surface area contributed by atoms with Crippen molar-refractivity contribution >= 4 is 11.8 Å². The van der Waals surface area contributed by atoms with E-state index < -0.39 is 6.09 Å². The van der Waals surface area contributed by atoms with E-state index >= 15 is 0 Å². The normalized spacial score (nSPS) is 17.6. The van der Waals surface area contributed by atoms with Crippen molar-refractivity contribution in [2.24, 2.45) is 10.7 Å². The molecule has 3 N–H and O–H groups in total. The Morgan fingerprint density at radius 1 is 1.65 bits per heavy atom. The van der Waals surface area contributed by atoms with Gasteiger partial charge < -0.3 is 15.8 Å². The van der Waals surface area contributed by atoms with Gasteiger partial charge in [-0.3, -0.25) is 4.99 Å². The largest absolute Gasteiger partial charge is 0.445 e. The molecule has 1 unspecified atom stereocenters. The lowest BCUT2D eigenvalue weighted by molar-refractivity contribution is 0.157. The van der Waals surface area contributed by atoms with Gasteiger partial charge in [-0.2, -0.15) is 0 Å². The van der Waals surface area contributed by atoms with Gasteiger partial charge in [0.05, 0.1) is 5.71 Å². The van der Waals surface area contributed by atoms with E-state index in [1.54, 1.807) is 0 Å². The molecular weight excluding hydrogens is 254 g/mol. The van der Waals surface area contributed by atoms with Crippen LogP contribution in [-0.2, 0) is 4.74 Å². The fourth-order valence-electron chi connectivity index (χ4n) is 2.11. The van der Waals surface area contributed by atoms with Crippen molar-refractivity contribution in [1.29, 1.82) is 0 Å². The van der Waals surface area contributed by atoms with Crippen molar-refractivity contribution in [2.45, 2.75) is 18.9 Å². The van der Waals surface area contributed by atoms with Crippen LogP contribution in [0.15, 0.2) is 53.2 Å². The lowest BCUT2D eigenvalue weighted by atomic mass is 9.94. The number of ether oxygens (including phenoxy) is 1. The fourth-order valence-corrected chi connectivity index (χ4v) is 2.11. The summed E-state index contributed by atoms with van der Waals surface area (Å²) >= 11 is 0. The molecule has 1 aliphatic carbocycles. The highest BCUT2D eigenvalue weighted by atomic mass is 16.5. The standard InChI is InChI=1S/C15H19N3O2/c1-2-7-20-15(19)18-10-12(16)8-11-9-17-14-6-4-3-5-13(11)14/h2-5,9,12H,1,6-8,10,16H2,(H,18,19). The van der Waals surface area contributed by atoms with E-state index in [1.807, 2.05) is 12.3 Å². The minimum absolute atomic E-state index is 0.168. The van der Waals surface area contributed by atoms with Crippen LogP contribution in [0.1, 0.15) is 12.8 Å². The summed E-state index contributed by atoms with van der Waals surface area (Å²) < 4.78 is 4.82. The number of hydrogen-bond donors (Lipinski definition) is 2. The van der Waals surface area contributed by atoms with Gasteiger partial charge in [0, 0.05) is 30.8 Å². The van der Waals surface area contributed by atoms with Crippen LogP contribution in [0.2, 0.25) is 0 Å². The smallest absolute Gasteiger partial charge is 0.407 e. The molecule has 1 aliphatic heterocycles. The molecule has 0 aromatic carbocycles. The summed E-state index contributed by atoms with van der Waals surface area (Å²) in [5.41, 5.74) is 9.40. The molecule has 20 heavy (non-hydrogen) atoms. The van der Waals surface area contributed by atoms with Gasteiger partial charge in [-0.05, 0) is 12.0 Å². The predicted octanol–water partition coefficient (Wildman–Crippen LogP) is 1.84. The van der Waals surface area contributed by atoms with E-state index in [4.69, 9.17) is 10.5 Å². The lowest BCUT2D eigenvalue weighted by Gasteiger charge is -2.15.